The Bertz CT molecular complexity index is 979. The highest BCUT2D eigenvalue weighted by Crippen LogP contribution is 2.39. The lowest BCUT2D eigenvalue weighted by Crippen LogP contribution is -2.62. The van der Waals surface area contributed by atoms with Crippen LogP contribution in [0.15, 0.2) is 52.6 Å². The third kappa shape index (κ3) is 4.03. The molecule has 0 spiro atoms. The summed E-state index contributed by atoms with van der Waals surface area (Å²) in [5.74, 6) is -2.15. The average Bonchev–Trinajstić information content (AvgIpc) is 3.04. The lowest BCUT2D eigenvalue weighted by atomic mass is 9.94. The summed E-state index contributed by atoms with van der Waals surface area (Å²) in [4.78, 5) is 0.716. The molecule has 0 saturated carbocycles. The van der Waals surface area contributed by atoms with E-state index in [1.165, 1.54) is 12.2 Å². The molecular weight excluding hydrogens is 407 g/mol. The van der Waals surface area contributed by atoms with E-state index in [2.05, 4.69) is 5.32 Å². The van der Waals surface area contributed by atoms with Crippen molar-refractivity contribution in [1.29, 1.82) is 0 Å². The number of rotatable bonds is 4. The molecule has 2 atom stereocenters. The third-order valence-corrected chi connectivity index (χ3v) is 5.36. The van der Waals surface area contributed by atoms with Crippen molar-refractivity contribution >= 4 is 11.0 Å². The molecular formula is C21H21F5N2O2. The van der Waals surface area contributed by atoms with Gasteiger partial charge >= 0.3 is 6.18 Å². The van der Waals surface area contributed by atoms with Gasteiger partial charge in [0.25, 0.3) is 5.92 Å². The van der Waals surface area contributed by atoms with Gasteiger partial charge in [0.15, 0.2) is 6.04 Å². The SMILES string of the molecule is Cc1cc2cc(OCC3=CC=CN(C4CNCCC4(F)F)C3C(F)(F)F)ccc2o1. The van der Waals surface area contributed by atoms with Crippen LogP contribution in [0.3, 0.4) is 0 Å². The number of hydrogen-bond acceptors (Lipinski definition) is 4. The van der Waals surface area contributed by atoms with E-state index in [4.69, 9.17) is 9.15 Å². The van der Waals surface area contributed by atoms with Gasteiger partial charge in [0.1, 0.15) is 29.7 Å². The summed E-state index contributed by atoms with van der Waals surface area (Å²) in [6.07, 6.45) is -1.52. The Hall–Kier alpha value is -2.55. The number of fused-ring (bicyclic) bond motifs is 1. The highest BCUT2D eigenvalue weighted by atomic mass is 19.4. The molecule has 2 aliphatic heterocycles. The molecule has 1 aromatic heterocycles. The average molecular weight is 428 g/mol. The van der Waals surface area contributed by atoms with Crippen molar-refractivity contribution in [2.24, 2.45) is 0 Å². The molecule has 162 valence electrons. The Morgan fingerprint density at radius 3 is 2.80 bits per heavy atom. The Balaban J connectivity index is 1.56. The first-order chi connectivity index (χ1) is 14.1. The van der Waals surface area contributed by atoms with Crippen LogP contribution in [-0.4, -0.2) is 48.8 Å². The number of halogens is 5. The van der Waals surface area contributed by atoms with E-state index >= 15 is 0 Å². The number of aryl methyl sites for hydroxylation is 1. The zero-order valence-corrected chi connectivity index (χ0v) is 16.2. The van der Waals surface area contributed by atoms with E-state index in [1.807, 2.05) is 0 Å². The van der Waals surface area contributed by atoms with Gasteiger partial charge in [-0.15, -0.1) is 0 Å². The van der Waals surface area contributed by atoms with Crippen LogP contribution in [0, 0.1) is 6.92 Å². The van der Waals surface area contributed by atoms with Crippen LogP contribution < -0.4 is 10.1 Å². The maximum Gasteiger partial charge on any atom is 0.412 e. The van der Waals surface area contributed by atoms with Crippen molar-refractivity contribution in [3.63, 3.8) is 0 Å². The van der Waals surface area contributed by atoms with Crippen molar-refractivity contribution in [2.45, 2.75) is 37.5 Å². The number of benzene rings is 1. The topological polar surface area (TPSA) is 37.6 Å². The Kier molecular flexibility index (Phi) is 5.25. The Morgan fingerprint density at radius 1 is 1.27 bits per heavy atom. The number of nitrogens with one attached hydrogen (secondary N) is 1. The van der Waals surface area contributed by atoms with E-state index in [-0.39, 0.29) is 25.3 Å². The van der Waals surface area contributed by atoms with E-state index in [1.54, 1.807) is 31.2 Å². The molecule has 1 fully saturated rings. The summed E-state index contributed by atoms with van der Waals surface area (Å²) in [5, 5.41) is 3.54. The number of nitrogens with zero attached hydrogens (tertiary/aromatic N) is 1. The van der Waals surface area contributed by atoms with Gasteiger partial charge < -0.3 is 19.4 Å². The number of allylic oxidation sites excluding steroid dienone is 2. The quantitative estimate of drug-likeness (QED) is 0.710. The number of piperidine rings is 1. The van der Waals surface area contributed by atoms with Crippen LogP contribution in [0.4, 0.5) is 22.0 Å². The highest BCUT2D eigenvalue weighted by Gasteiger charge is 2.53. The van der Waals surface area contributed by atoms with Crippen molar-refractivity contribution in [3.8, 4) is 5.75 Å². The van der Waals surface area contributed by atoms with Gasteiger partial charge in [0.2, 0.25) is 0 Å². The zero-order chi connectivity index (χ0) is 21.5. The Morgan fingerprint density at radius 2 is 2.07 bits per heavy atom. The first-order valence-electron chi connectivity index (χ1n) is 9.58. The standard InChI is InChI=1S/C21H21F5N2O2/c1-13-9-15-10-16(4-5-17(15)30-13)29-12-14-3-2-8-28(19(14)21(24,25)26)18-11-27-7-6-20(18,22)23/h2-5,8-10,18-19,27H,6-7,11-12H2,1H3. The zero-order valence-electron chi connectivity index (χ0n) is 16.2. The smallest absolute Gasteiger partial charge is 0.412 e. The molecule has 9 heteroatoms. The molecule has 3 heterocycles. The fourth-order valence-corrected chi connectivity index (χ4v) is 3.97. The second kappa shape index (κ2) is 7.61. The molecule has 4 rings (SSSR count). The summed E-state index contributed by atoms with van der Waals surface area (Å²) in [6, 6.07) is 2.97. The number of alkyl halides is 5. The fraction of sp³-hybridized carbons (Fsp3) is 0.429. The third-order valence-electron chi connectivity index (χ3n) is 5.36. The first-order valence-corrected chi connectivity index (χ1v) is 9.58. The molecule has 1 saturated heterocycles. The molecule has 2 aromatic rings. The molecule has 0 amide bonds. The molecule has 30 heavy (non-hydrogen) atoms. The van der Waals surface area contributed by atoms with Crippen molar-refractivity contribution in [3.05, 3.63) is 54.0 Å². The second-order valence-corrected chi connectivity index (χ2v) is 7.55. The van der Waals surface area contributed by atoms with Crippen LogP contribution in [0.5, 0.6) is 5.75 Å². The normalized spacial score (nSPS) is 24.2. The van der Waals surface area contributed by atoms with E-state index < -0.39 is 30.6 Å². The monoisotopic (exact) mass is 428 g/mol. The minimum Gasteiger partial charge on any atom is -0.489 e. The van der Waals surface area contributed by atoms with Crippen molar-refractivity contribution in [1.82, 2.24) is 10.2 Å². The van der Waals surface area contributed by atoms with Crippen molar-refractivity contribution < 1.29 is 31.1 Å². The van der Waals surface area contributed by atoms with Crippen LogP contribution in [-0.2, 0) is 0 Å². The van der Waals surface area contributed by atoms with Gasteiger partial charge in [-0.1, -0.05) is 6.08 Å². The molecule has 2 aliphatic rings. The maximum absolute atomic E-state index is 14.4. The van der Waals surface area contributed by atoms with Gasteiger partial charge in [-0.05, 0) is 42.8 Å². The van der Waals surface area contributed by atoms with Gasteiger partial charge in [-0.25, -0.2) is 8.78 Å². The lowest BCUT2D eigenvalue weighted by Gasteiger charge is -2.45. The largest absolute Gasteiger partial charge is 0.489 e. The van der Waals surface area contributed by atoms with Gasteiger partial charge in [-0.2, -0.15) is 13.2 Å². The number of ether oxygens (including phenoxy) is 1. The molecule has 1 N–H and O–H groups in total. The van der Waals surface area contributed by atoms with Crippen LogP contribution >= 0.6 is 0 Å². The van der Waals surface area contributed by atoms with Crippen LogP contribution in [0.2, 0.25) is 0 Å². The number of hydrogen-bond donors (Lipinski definition) is 1. The molecule has 0 radical (unpaired) electrons. The predicted molar refractivity (Wildman–Crippen MR) is 102 cm³/mol. The molecule has 0 bridgehead atoms. The summed E-state index contributed by atoms with van der Waals surface area (Å²) in [7, 11) is 0. The lowest BCUT2D eigenvalue weighted by molar-refractivity contribution is -0.190. The number of furan rings is 1. The predicted octanol–water partition coefficient (Wildman–Crippen LogP) is 4.80. The molecule has 2 unspecified atom stereocenters. The minimum atomic E-state index is -4.74. The van der Waals surface area contributed by atoms with Crippen molar-refractivity contribution in [2.75, 3.05) is 19.7 Å². The minimum absolute atomic E-state index is 0.0690. The maximum atomic E-state index is 14.4. The van der Waals surface area contributed by atoms with E-state index in [0.29, 0.717) is 22.0 Å². The van der Waals surface area contributed by atoms with E-state index in [0.717, 1.165) is 11.6 Å². The summed E-state index contributed by atoms with van der Waals surface area (Å²) in [5.41, 5.74) is 0.515. The van der Waals surface area contributed by atoms with Gasteiger partial charge in [-0.3, -0.25) is 0 Å². The molecule has 0 aliphatic carbocycles. The summed E-state index contributed by atoms with van der Waals surface area (Å²) >= 11 is 0. The van der Waals surface area contributed by atoms with Crippen LogP contribution in [0.25, 0.3) is 11.0 Å². The van der Waals surface area contributed by atoms with Gasteiger partial charge in [0, 0.05) is 31.1 Å². The van der Waals surface area contributed by atoms with E-state index in [9.17, 15) is 22.0 Å². The highest BCUT2D eigenvalue weighted by molar-refractivity contribution is 5.79. The molecule has 1 aromatic carbocycles. The summed E-state index contributed by atoms with van der Waals surface area (Å²) in [6.45, 7) is 1.26. The fourth-order valence-electron chi connectivity index (χ4n) is 3.97. The second-order valence-electron chi connectivity index (χ2n) is 7.55. The van der Waals surface area contributed by atoms with Gasteiger partial charge in [0.05, 0.1) is 0 Å². The molecule has 4 nitrogen and oxygen atoms in total. The first kappa shape index (κ1) is 20.7. The van der Waals surface area contributed by atoms with Crippen LogP contribution in [0.1, 0.15) is 12.2 Å². The Labute approximate surface area is 170 Å². The summed E-state index contributed by atoms with van der Waals surface area (Å²) < 4.78 is 81.7.